The zero-order valence-corrected chi connectivity index (χ0v) is 11.2. The van der Waals surface area contributed by atoms with Crippen LogP contribution in [0.4, 0.5) is 0 Å². The molecule has 2 atom stereocenters. The van der Waals surface area contributed by atoms with Crippen molar-refractivity contribution in [2.75, 3.05) is 12.3 Å². The number of nitrogens with one attached hydrogen (secondary N) is 1. The van der Waals surface area contributed by atoms with Gasteiger partial charge in [-0.25, -0.2) is 4.79 Å². The van der Waals surface area contributed by atoms with Gasteiger partial charge < -0.3 is 10.2 Å². The number of carbonyl (C=O) groups excluding carboxylic acids is 2. The number of carbonyl (C=O) groups is 1. The molecule has 6 heteroatoms. The van der Waals surface area contributed by atoms with Crippen molar-refractivity contribution in [2.45, 2.75) is 37.6 Å². The number of amides is 1. The Morgan fingerprint density at radius 3 is 3.17 bits per heavy atom. The van der Waals surface area contributed by atoms with Crippen molar-refractivity contribution in [1.82, 2.24) is 10.2 Å². The summed E-state index contributed by atoms with van der Waals surface area (Å²) in [5.74, 6) is 0.735. The van der Waals surface area contributed by atoms with E-state index >= 15 is 0 Å². The number of aliphatic imine (C=N–C) groups is 1. The molecule has 2 rings (SSSR count). The minimum Gasteiger partial charge on any atom is -0.303 e. The van der Waals surface area contributed by atoms with Crippen LogP contribution < -0.4 is 5.32 Å². The summed E-state index contributed by atoms with van der Waals surface area (Å²) in [7, 11) is 0. The molecular weight excluding hydrogens is 250 g/mol. The predicted molar refractivity (Wildman–Crippen MR) is 70.6 cm³/mol. The van der Waals surface area contributed by atoms with Crippen molar-refractivity contribution < 1.29 is 9.59 Å². The molecule has 2 aliphatic rings. The van der Waals surface area contributed by atoms with E-state index in [1.807, 2.05) is 0 Å². The van der Waals surface area contributed by atoms with Gasteiger partial charge in [-0.1, -0.05) is 19.8 Å². The molecule has 5 nitrogen and oxygen atoms in total. The maximum Gasteiger partial charge on any atom is 0.247 e. The van der Waals surface area contributed by atoms with Crippen LogP contribution in [0.2, 0.25) is 0 Å². The third-order valence-corrected chi connectivity index (χ3v) is 4.41. The Bertz CT molecular complexity index is 404. The maximum atomic E-state index is 11.9. The Hall–Kier alpha value is -1.10. The molecule has 1 N–H and O–H groups in total. The van der Waals surface area contributed by atoms with Crippen molar-refractivity contribution in [1.29, 1.82) is 0 Å². The van der Waals surface area contributed by atoms with Crippen LogP contribution >= 0.6 is 11.8 Å². The Morgan fingerprint density at radius 2 is 2.44 bits per heavy atom. The van der Waals surface area contributed by atoms with E-state index in [4.69, 9.17) is 0 Å². The average molecular weight is 267 g/mol. The lowest BCUT2D eigenvalue weighted by Crippen LogP contribution is -2.67. The number of isocyanates is 1. The van der Waals surface area contributed by atoms with Crippen LogP contribution in [-0.4, -0.2) is 40.6 Å². The van der Waals surface area contributed by atoms with Gasteiger partial charge in [0.25, 0.3) is 0 Å². The molecule has 1 amide bonds. The van der Waals surface area contributed by atoms with Gasteiger partial charge in [0, 0.05) is 12.0 Å². The zero-order valence-electron chi connectivity index (χ0n) is 10.4. The topological polar surface area (TPSA) is 61.8 Å². The van der Waals surface area contributed by atoms with E-state index < -0.39 is 0 Å². The molecule has 18 heavy (non-hydrogen) atoms. The summed E-state index contributed by atoms with van der Waals surface area (Å²) in [5.41, 5.74) is 0.615. The minimum absolute atomic E-state index is 0.0716. The van der Waals surface area contributed by atoms with Crippen LogP contribution in [0.25, 0.3) is 0 Å². The largest absolute Gasteiger partial charge is 0.303 e. The molecular formula is C12H17N3O2S. The van der Waals surface area contributed by atoms with Gasteiger partial charge in [0.2, 0.25) is 12.0 Å². The highest BCUT2D eigenvalue weighted by molar-refractivity contribution is 8.00. The van der Waals surface area contributed by atoms with Gasteiger partial charge in [-0.05, 0) is 13.0 Å². The molecule has 2 heterocycles. The second-order valence-corrected chi connectivity index (χ2v) is 5.51. The second-order valence-electron chi connectivity index (χ2n) is 4.41. The monoisotopic (exact) mass is 267 g/mol. The third-order valence-electron chi connectivity index (χ3n) is 3.10. The smallest absolute Gasteiger partial charge is 0.247 e. The molecule has 0 bridgehead atoms. The van der Waals surface area contributed by atoms with Gasteiger partial charge >= 0.3 is 0 Å². The molecule has 0 aromatic heterocycles. The van der Waals surface area contributed by atoms with E-state index in [9.17, 15) is 9.59 Å². The first-order valence-corrected chi connectivity index (χ1v) is 7.28. The van der Waals surface area contributed by atoms with Gasteiger partial charge in [0.1, 0.15) is 11.4 Å². The molecule has 98 valence electrons. The molecule has 0 aromatic carbocycles. The van der Waals surface area contributed by atoms with Crippen molar-refractivity contribution in [2.24, 2.45) is 4.99 Å². The summed E-state index contributed by atoms with van der Waals surface area (Å²) in [4.78, 5) is 27.3. The van der Waals surface area contributed by atoms with E-state index in [1.54, 1.807) is 22.9 Å². The summed E-state index contributed by atoms with van der Waals surface area (Å²) in [6, 6.07) is -0.0788. The van der Waals surface area contributed by atoms with Crippen LogP contribution in [0.15, 0.2) is 16.9 Å². The summed E-state index contributed by atoms with van der Waals surface area (Å²) in [6.45, 7) is 3.05. The molecule has 0 radical (unpaired) electrons. The summed E-state index contributed by atoms with van der Waals surface area (Å²) >= 11 is 1.64. The average Bonchev–Trinajstić information content (AvgIpc) is 2.39. The van der Waals surface area contributed by atoms with Crippen LogP contribution in [0.3, 0.4) is 0 Å². The van der Waals surface area contributed by atoms with Gasteiger partial charge in [-0.3, -0.25) is 4.79 Å². The summed E-state index contributed by atoms with van der Waals surface area (Å²) in [5, 5.41) is 3.46. The highest BCUT2D eigenvalue weighted by Crippen LogP contribution is 2.36. The number of nitrogens with zero attached hydrogens (tertiary/aromatic N) is 2. The van der Waals surface area contributed by atoms with Crippen molar-refractivity contribution in [3.8, 4) is 0 Å². The quantitative estimate of drug-likeness (QED) is 0.340. The molecule has 0 aromatic rings. The van der Waals surface area contributed by atoms with Gasteiger partial charge in [0.15, 0.2) is 0 Å². The molecule has 0 saturated carbocycles. The summed E-state index contributed by atoms with van der Waals surface area (Å²) < 4.78 is 0. The van der Waals surface area contributed by atoms with Gasteiger partial charge in [-0.15, -0.1) is 11.8 Å². The summed E-state index contributed by atoms with van der Waals surface area (Å²) in [6.07, 6.45) is 6.65. The molecule has 1 saturated heterocycles. The van der Waals surface area contributed by atoms with E-state index in [2.05, 4.69) is 17.2 Å². The van der Waals surface area contributed by atoms with Gasteiger partial charge in [-0.2, -0.15) is 4.99 Å². The van der Waals surface area contributed by atoms with Crippen molar-refractivity contribution in [3.63, 3.8) is 0 Å². The Kier molecular flexibility index (Phi) is 4.58. The lowest BCUT2D eigenvalue weighted by atomic mass is 10.1. The Balaban J connectivity index is 1.85. The number of hydrogen-bond acceptors (Lipinski definition) is 5. The lowest BCUT2D eigenvalue weighted by Gasteiger charge is -2.47. The van der Waals surface area contributed by atoms with Crippen molar-refractivity contribution in [3.05, 3.63) is 11.9 Å². The fourth-order valence-corrected chi connectivity index (χ4v) is 3.32. The highest BCUT2D eigenvalue weighted by atomic mass is 32.2. The molecule has 0 spiro atoms. The SMILES string of the molecule is CCCCCNC1C(=O)N2C=C(N=C=O)CS[C@H]12. The number of rotatable bonds is 6. The van der Waals surface area contributed by atoms with Crippen LogP contribution in [0, 0.1) is 0 Å². The van der Waals surface area contributed by atoms with Crippen LogP contribution in [-0.2, 0) is 9.59 Å². The van der Waals surface area contributed by atoms with E-state index in [0.717, 1.165) is 13.0 Å². The number of unbranched alkanes of at least 4 members (excludes halogenated alkanes) is 2. The first kappa shape index (κ1) is 13.3. The second kappa shape index (κ2) is 6.18. The Labute approximate surface area is 111 Å². The minimum atomic E-state index is -0.0788. The fraction of sp³-hybridized carbons (Fsp3) is 0.667. The molecule has 1 unspecified atom stereocenters. The van der Waals surface area contributed by atoms with Crippen LogP contribution in [0.5, 0.6) is 0 Å². The number of β-lactam (4-membered cyclic amide) rings is 1. The molecule has 0 aliphatic carbocycles. The fourth-order valence-electron chi connectivity index (χ4n) is 2.11. The Morgan fingerprint density at radius 1 is 1.61 bits per heavy atom. The standard InChI is InChI=1S/C12H17N3O2S/c1-2-3-4-5-13-10-11(17)15-6-9(14-8-16)7-18-12(10)15/h6,10,12-13H,2-5,7H2,1H3/t10?,12-/m1/s1. The number of hydrogen-bond donors (Lipinski definition) is 1. The number of thioether (sulfide) groups is 1. The zero-order chi connectivity index (χ0) is 13.0. The normalized spacial score (nSPS) is 25.9. The first-order valence-electron chi connectivity index (χ1n) is 6.23. The predicted octanol–water partition coefficient (Wildman–Crippen LogP) is 1.23. The van der Waals surface area contributed by atoms with Crippen molar-refractivity contribution >= 4 is 23.7 Å². The molecule has 1 fully saturated rings. The van der Waals surface area contributed by atoms with E-state index in [-0.39, 0.29) is 17.3 Å². The first-order chi connectivity index (χ1) is 8.77. The third kappa shape index (κ3) is 2.66. The van der Waals surface area contributed by atoms with Crippen LogP contribution in [0.1, 0.15) is 26.2 Å². The lowest BCUT2D eigenvalue weighted by molar-refractivity contribution is -0.141. The maximum absolute atomic E-state index is 11.9. The number of fused-ring (bicyclic) bond motifs is 1. The highest BCUT2D eigenvalue weighted by Gasteiger charge is 2.48. The molecule has 2 aliphatic heterocycles. The van der Waals surface area contributed by atoms with E-state index in [0.29, 0.717) is 11.4 Å². The van der Waals surface area contributed by atoms with Gasteiger partial charge in [0.05, 0.1) is 5.70 Å². The van der Waals surface area contributed by atoms with E-state index in [1.165, 1.54) is 18.9 Å².